The number of hydrogen-bond acceptors (Lipinski definition) is 4. The molecule has 1 heterocycles. The average molecular weight is 450 g/mol. The Bertz CT molecular complexity index is 928. The standard InChI is InChI=1S/C28H32FNO3/c29-25-13-11-21(12-14-25)26(31)19-30-17-15-22(27(32)20-30)16-18-33-28(23-7-3-1-4-8-23)24-9-5-2-6-10-24/h1-14,22,26-28,31-32H,15-20H2/t22-,26+,27+/m0/s1. The van der Waals surface area contributed by atoms with Crippen molar-refractivity contribution in [3.63, 3.8) is 0 Å². The third-order valence-electron chi connectivity index (χ3n) is 6.47. The predicted molar refractivity (Wildman–Crippen MR) is 127 cm³/mol. The number of likely N-dealkylation sites (tertiary alicyclic amines) is 1. The van der Waals surface area contributed by atoms with Crippen molar-refractivity contribution in [2.75, 3.05) is 26.2 Å². The molecule has 4 rings (SSSR count). The van der Waals surface area contributed by atoms with Gasteiger partial charge in [-0.15, -0.1) is 0 Å². The van der Waals surface area contributed by atoms with Crippen molar-refractivity contribution in [3.8, 4) is 0 Å². The van der Waals surface area contributed by atoms with Crippen LogP contribution in [0.3, 0.4) is 0 Å². The molecular formula is C28H32FNO3. The second kappa shape index (κ2) is 11.5. The van der Waals surface area contributed by atoms with Gasteiger partial charge in [-0.1, -0.05) is 72.8 Å². The Morgan fingerprint density at radius 2 is 1.48 bits per heavy atom. The lowest BCUT2D eigenvalue weighted by atomic mass is 9.90. The molecule has 0 aliphatic carbocycles. The summed E-state index contributed by atoms with van der Waals surface area (Å²) in [6.45, 7) is 2.31. The predicted octanol–water partition coefficient (Wildman–Crippen LogP) is 4.74. The van der Waals surface area contributed by atoms with Gasteiger partial charge in [0.25, 0.3) is 0 Å². The summed E-state index contributed by atoms with van der Waals surface area (Å²) in [7, 11) is 0. The summed E-state index contributed by atoms with van der Waals surface area (Å²) in [5.41, 5.74) is 2.93. The van der Waals surface area contributed by atoms with E-state index in [1.807, 2.05) is 36.4 Å². The molecular weight excluding hydrogens is 417 g/mol. The van der Waals surface area contributed by atoms with Gasteiger partial charge >= 0.3 is 0 Å². The number of halogens is 1. The van der Waals surface area contributed by atoms with Gasteiger partial charge in [-0.2, -0.15) is 0 Å². The van der Waals surface area contributed by atoms with E-state index in [1.54, 1.807) is 12.1 Å². The summed E-state index contributed by atoms with van der Waals surface area (Å²) in [5, 5.41) is 21.2. The van der Waals surface area contributed by atoms with E-state index in [0.717, 1.165) is 30.5 Å². The smallest absolute Gasteiger partial charge is 0.123 e. The van der Waals surface area contributed by atoms with Crippen molar-refractivity contribution < 1.29 is 19.3 Å². The summed E-state index contributed by atoms with van der Waals surface area (Å²) in [5.74, 6) is -0.150. The number of piperidine rings is 1. The summed E-state index contributed by atoms with van der Waals surface area (Å²) >= 11 is 0. The maximum Gasteiger partial charge on any atom is 0.123 e. The Labute approximate surface area is 195 Å². The molecule has 0 aromatic heterocycles. The van der Waals surface area contributed by atoms with Gasteiger partial charge in [-0.3, -0.25) is 4.90 Å². The molecule has 1 aliphatic heterocycles. The Hall–Kier alpha value is -2.57. The van der Waals surface area contributed by atoms with Crippen molar-refractivity contribution in [2.24, 2.45) is 5.92 Å². The van der Waals surface area contributed by atoms with Crippen molar-refractivity contribution in [1.29, 1.82) is 0 Å². The molecule has 0 saturated carbocycles. The molecule has 4 nitrogen and oxygen atoms in total. The van der Waals surface area contributed by atoms with Gasteiger partial charge in [0.1, 0.15) is 11.9 Å². The van der Waals surface area contributed by atoms with Gasteiger partial charge < -0.3 is 14.9 Å². The van der Waals surface area contributed by atoms with Crippen molar-refractivity contribution >= 4 is 0 Å². The van der Waals surface area contributed by atoms with Crippen LogP contribution < -0.4 is 0 Å². The molecule has 1 saturated heterocycles. The highest BCUT2D eigenvalue weighted by atomic mass is 19.1. The van der Waals surface area contributed by atoms with Crippen LogP contribution in [0.25, 0.3) is 0 Å². The summed E-state index contributed by atoms with van der Waals surface area (Å²) in [6.07, 6.45) is 0.341. The lowest BCUT2D eigenvalue weighted by Gasteiger charge is -2.37. The molecule has 1 fully saturated rings. The fourth-order valence-corrected chi connectivity index (χ4v) is 4.56. The minimum atomic E-state index is -0.699. The van der Waals surface area contributed by atoms with Crippen LogP contribution in [0.15, 0.2) is 84.9 Å². The number of hydrogen-bond donors (Lipinski definition) is 2. The molecule has 0 spiro atoms. The van der Waals surface area contributed by atoms with E-state index in [1.165, 1.54) is 12.1 Å². The van der Waals surface area contributed by atoms with Crippen molar-refractivity contribution in [3.05, 3.63) is 107 Å². The molecule has 0 radical (unpaired) electrons. The third kappa shape index (κ3) is 6.49. The highest BCUT2D eigenvalue weighted by molar-refractivity contribution is 5.29. The van der Waals surface area contributed by atoms with Gasteiger partial charge in [-0.25, -0.2) is 4.39 Å². The Morgan fingerprint density at radius 3 is 2.06 bits per heavy atom. The molecule has 5 heteroatoms. The second-order valence-electron chi connectivity index (χ2n) is 8.80. The van der Waals surface area contributed by atoms with E-state index in [-0.39, 0.29) is 17.8 Å². The summed E-state index contributed by atoms with van der Waals surface area (Å²) in [4.78, 5) is 2.08. The molecule has 3 aromatic rings. The van der Waals surface area contributed by atoms with E-state index in [0.29, 0.717) is 25.3 Å². The molecule has 3 aromatic carbocycles. The monoisotopic (exact) mass is 449 g/mol. The van der Waals surface area contributed by atoms with Gasteiger partial charge in [0.2, 0.25) is 0 Å². The molecule has 2 N–H and O–H groups in total. The first-order valence-corrected chi connectivity index (χ1v) is 11.7. The van der Waals surface area contributed by atoms with Crippen LogP contribution >= 0.6 is 0 Å². The molecule has 0 amide bonds. The van der Waals surface area contributed by atoms with Crippen LogP contribution in [-0.2, 0) is 4.74 Å². The minimum absolute atomic E-state index is 0.129. The molecule has 174 valence electrons. The number of aliphatic hydroxyl groups excluding tert-OH is 2. The normalized spacial score (nSPS) is 20.1. The molecule has 0 bridgehead atoms. The number of β-amino-alcohol motifs (C(OH)–C–C–N with tert-alkyl or cyclic N) is 2. The fraction of sp³-hybridized carbons (Fsp3) is 0.357. The quantitative estimate of drug-likeness (QED) is 0.496. The first kappa shape index (κ1) is 23.6. The molecule has 1 aliphatic rings. The highest BCUT2D eigenvalue weighted by Gasteiger charge is 2.29. The first-order chi connectivity index (χ1) is 16.1. The maximum atomic E-state index is 13.1. The van der Waals surface area contributed by atoms with E-state index in [4.69, 9.17) is 4.74 Å². The lowest BCUT2D eigenvalue weighted by Crippen LogP contribution is -2.45. The van der Waals surface area contributed by atoms with E-state index >= 15 is 0 Å². The van der Waals surface area contributed by atoms with Crippen LogP contribution in [0.5, 0.6) is 0 Å². The van der Waals surface area contributed by atoms with Crippen molar-refractivity contribution in [1.82, 2.24) is 4.90 Å². The number of nitrogens with zero attached hydrogens (tertiary/aromatic N) is 1. The average Bonchev–Trinajstić information content (AvgIpc) is 2.84. The van der Waals surface area contributed by atoms with E-state index in [9.17, 15) is 14.6 Å². The molecule has 33 heavy (non-hydrogen) atoms. The third-order valence-corrected chi connectivity index (χ3v) is 6.47. The Balaban J connectivity index is 1.28. The Kier molecular flexibility index (Phi) is 8.24. The van der Waals surface area contributed by atoms with Crippen LogP contribution in [0, 0.1) is 11.7 Å². The topological polar surface area (TPSA) is 52.9 Å². The van der Waals surface area contributed by atoms with Gasteiger partial charge in [0.15, 0.2) is 0 Å². The van der Waals surface area contributed by atoms with Gasteiger partial charge in [0, 0.05) is 19.7 Å². The summed E-state index contributed by atoms with van der Waals surface area (Å²) in [6, 6.07) is 26.4. The number of rotatable bonds is 9. The van der Waals surface area contributed by atoms with Crippen LogP contribution in [0.1, 0.15) is 41.7 Å². The lowest BCUT2D eigenvalue weighted by molar-refractivity contribution is -0.0154. The van der Waals surface area contributed by atoms with Crippen LogP contribution in [-0.4, -0.2) is 47.5 Å². The van der Waals surface area contributed by atoms with E-state index in [2.05, 4.69) is 29.2 Å². The van der Waals surface area contributed by atoms with E-state index < -0.39 is 12.2 Å². The zero-order valence-corrected chi connectivity index (χ0v) is 18.8. The Morgan fingerprint density at radius 1 is 0.879 bits per heavy atom. The number of aliphatic hydroxyl groups is 2. The van der Waals surface area contributed by atoms with Gasteiger partial charge in [-0.05, 0) is 54.1 Å². The first-order valence-electron chi connectivity index (χ1n) is 11.7. The number of benzene rings is 3. The molecule has 0 unspecified atom stereocenters. The summed E-state index contributed by atoms with van der Waals surface area (Å²) < 4.78 is 19.4. The second-order valence-corrected chi connectivity index (χ2v) is 8.80. The van der Waals surface area contributed by atoms with Crippen LogP contribution in [0.4, 0.5) is 4.39 Å². The largest absolute Gasteiger partial charge is 0.392 e. The van der Waals surface area contributed by atoms with Gasteiger partial charge in [0.05, 0.1) is 12.2 Å². The SMILES string of the molecule is O[C@H](CN1CC[C@@H](CCOC(c2ccccc2)c2ccccc2)[C@H](O)C1)c1ccc(F)cc1. The van der Waals surface area contributed by atoms with Crippen molar-refractivity contribution in [2.45, 2.75) is 31.2 Å². The zero-order chi connectivity index (χ0) is 23.0. The molecule has 3 atom stereocenters. The highest BCUT2D eigenvalue weighted by Crippen LogP contribution is 2.28. The maximum absolute atomic E-state index is 13.1. The number of ether oxygens (including phenoxy) is 1. The zero-order valence-electron chi connectivity index (χ0n) is 18.8. The van der Waals surface area contributed by atoms with Crippen LogP contribution in [0.2, 0.25) is 0 Å². The fourth-order valence-electron chi connectivity index (χ4n) is 4.56. The minimum Gasteiger partial charge on any atom is -0.392 e.